The molecule has 0 saturated carbocycles. The van der Waals surface area contributed by atoms with Crippen LogP contribution in [-0.2, 0) is 0 Å². The number of carbonyl (C=O) groups excluding carboxylic acids is 1. The van der Waals surface area contributed by atoms with Crippen LogP contribution in [0.1, 0.15) is 24.8 Å². The Hall–Kier alpha value is -3.20. The molecule has 2 aromatic rings. The van der Waals surface area contributed by atoms with Crippen molar-refractivity contribution in [3.63, 3.8) is 0 Å². The smallest absolute Gasteiger partial charge is 0.321 e. The van der Waals surface area contributed by atoms with Gasteiger partial charge in [-0.1, -0.05) is 0 Å². The molecule has 4 rings (SSSR count). The third kappa shape index (κ3) is 4.62. The van der Waals surface area contributed by atoms with E-state index in [1.165, 1.54) is 24.9 Å². The molecule has 6 nitrogen and oxygen atoms in total. The molecule has 0 radical (unpaired) electrons. The van der Waals surface area contributed by atoms with Gasteiger partial charge in [0, 0.05) is 56.3 Å². The first-order valence-corrected chi connectivity index (χ1v) is 10.4. The molecule has 0 spiro atoms. The van der Waals surface area contributed by atoms with Gasteiger partial charge in [-0.05, 0) is 67.8 Å². The van der Waals surface area contributed by atoms with Crippen molar-refractivity contribution in [1.82, 2.24) is 4.90 Å². The molecule has 2 saturated heterocycles. The van der Waals surface area contributed by atoms with Gasteiger partial charge in [0.2, 0.25) is 0 Å². The Bertz CT molecular complexity index is 858. The third-order valence-electron chi connectivity index (χ3n) is 5.77. The highest BCUT2D eigenvalue weighted by Gasteiger charge is 2.21. The molecule has 2 aliphatic heterocycles. The van der Waals surface area contributed by atoms with E-state index in [2.05, 4.69) is 33.3 Å². The molecule has 0 unspecified atom stereocenters. The summed E-state index contributed by atoms with van der Waals surface area (Å²) in [6.07, 6.45) is 3.84. The van der Waals surface area contributed by atoms with Crippen molar-refractivity contribution in [2.24, 2.45) is 0 Å². The molecule has 0 atom stereocenters. The monoisotopic (exact) mass is 389 g/mol. The van der Waals surface area contributed by atoms with Crippen molar-refractivity contribution < 1.29 is 4.79 Å². The predicted molar refractivity (Wildman–Crippen MR) is 116 cm³/mol. The Morgan fingerprint density at radius 1 is 0.759 bits per heavy atom. The summed E-state index contributed by atoms with van der Waals surface area (Å²) >= 11 is 0. The fourth-order valence-corrected chi connectivity index (χ4v) is 4.02. The summed E-state index contributed by atoms with van der Waals surface area (Å²) in [4.78, 5) is 19.2. The van der Waals surface area contributed by atoms with E-state index < -0.39 is 0 Å². The van der Waals surface area contributed by atoms with Gasteiger partial charge in [-0.25, -0.2) is 4.79 Å². The zero-order valence-corrected chi connectivity index (χ0v) is 16.7. The number of carbonyl (C=O) groups is 1. The van der Waals surface area contributed by atoms with Crippen molar-refractivity contribution >= 4 is 23.1 Å². The summed E-state index contributed by atoms with van der Waals surface area (Å²) in [5.41, 5.74) is 3.83. The molecule has 2 heterocycles. The number of rotatable bonds is 3. The number of amides is 2. The minimum atomic E-state index is -0.0461. The number of nitrogens with zero attached hydrogens (tertiary/aromatic N) is 4. The highest BCUT2D eigenvalue weighted by molar-refractivity contribution is 5.89. The van der Waals surface area contributed by atoms with Gasteiger partial charge in [0.15, 0.2) is 0 Å². The fraction of sp³-hybridized carbons (Fsp3) is 0.391. The zero-order valence-electron chi connectivity index (χ0n) is 16.7. The highest BCUT2D eigenvalue weighted by Crippen LogP contribution is 2.22. The highest BCUT2D eigenvalue weighted by atomic mass is 16.2. The summed E-state index contributed by atoms with van der Waals surface area (Å²) in [6.45, 7) is 5.17. The van der Waals surface area contributed by atoms with Crippen molar-refractivity contribution in [1.29, 1.82) is 5.26 Å². The summed E-state index contributed by atoms with van der Waals surface area (Å²) in [5.74, 6) is 0. The molecule has 2 amide bonds. The second kappa shape index (κ2) is 8.87. The maximum atomic E-state index is 12.6. The number of piperazine rings is 1. The average molecular weight is 390 g/mol. The first-order valence-electron chi connectivity index (χ1n) is 10.4. The Labute approximate surface area is 172 Å². The topological polar surface area (TPSA) is 62.6 Å². The van der Waals surface area contributed by atoms with Crippen LogP contribution >= 0.6 is 0 Å². The summed E-state index contributed by atoms with van der Waals surface area (Å²) in [7, 11) is 0. The van der Waals surface area contributed by atoms with Crippen LogP contribution in [0.4, 0.5) is 21.9 Å². The molecule has 0 aromatic heterocycles. The van der Waals surface area contributed by atoms with Crippen LogP contribution < -0.4 is 15.1 Å². The zero-order chi connectivity index (χ0) is 20.1. The molecule has 150 valence electrons. The minimum Gasteiger partial charge on any atom is -0.372 e. The van der Waals surface area contributed by atoms with Crippen molar-refractivity contribution in [3.05, 3.63) is 54.1 Å². The van der Waals surface area contributed by atoms with Crippen LogP contribution in [0.2, 0.25) is 0 Å². The Morgan fingerprint density at radius 3 is 1.90 bits per heavy atom. The van der Waals surface area contributed by atoms with E-state index in [1.807, 2.05) is 41.3 Å². The second-order valence-corrected chi connectivity index (χ2v) is 7.66. The van der Waals surface area contributed by atoms with E-state index in [1.54, 1.807) is 0 Å². The number of piperidine rings is 1. The number of nitriles is 1. The molecular weight excluding hydrogens is 362 g/mol. The van der Waals surface area contributed by atoms with Crippen LogP contribution in [0.3, 0.4) is 0 Å². The van der Waals surface area contributed by atoms with Gasteiger partial charge < -0.3 is 20.0 Å². The molecular formula is C23H27N5O. The summed E-state index contributed by atoms with van der Waals surface area (Å²) < 4.78 is 0. The van der Waals surface area contributed by atoms with E-state index in [-0.39, 0.29) is 6.03 Å². The first-order chi connectivity index (χ1) is 14.2. The van der Waals surface area contributed by atoms with Crippen molar-refractivity contribution in [2.75, 3.05) is 54.4 Å². The van der Waals surface area contributed by atoms with E-state index in [9.17, 15) is 4.79 Å². The lowest BCUT2D eigenvalue weighted by molar-refractivity contribution is 0.208. The summed E-state index contributed by atoms with van der Waals surface area (Å²) in [5, 5.41) is 11.9. The Morgan fingerprint density at radius 2 is 1.31 bits per heavy atom. The molecule has 29 heavy (non-hydrogen) atoms. The molecule has 1 N–H and O–H groups in total. The molecule has 0 aliphatic carbocycles. The van der Waals surface area contributed by atoms with Gasteiger partial charge in [-0.2, -0.15) is 5.26 Å². The van der Waals surface area contributed by atoms with E-state index in [4.69, 9.17) is 5.26 Å². The normalized spacial score (nSPS) is 17.0. The van der Waals surface area contributed by atoms with Gasteiger partial charge in [0.1, 0.15) is 0 Å². The number of anilines is 3. The lowest BCUT2D eigenvalue weighted by Gasteiger charge is -2.36. The standard InChI is InChI=1S/C23H27N5O/c24-18-19-4-8-21(9-5-19)27-14-16-28(17-15-27)23(29)25-20-6-10-22(11-7-20)26-12-2-1-3-13-26/h4-11H,1-3,12-17H2,(H,25,29). The van der Waals surface area contributed by atoms with Crippen LogP contribution in [0.25, 0.3) is 0 Å². The SMILES string of the molecule is N#Cc1ccc(N2CCN(C(=O)Nc3ccc(N4CCCCC4)cc3)CC2)cc1. The third-order valence-corrected chi connectivity index (χ3v) is 5.77. The number of nitrogens with one attached hydrogen (secondary N) is 1. The van der Waals surface area contributed by atoms with E-state index >= 15 is 0 Å². The molecule has 6 heteroatoms. The minimum absolute atomic E-state index is 0.0461. The van der Waals surface area contributed by atoms with Gasteiger partial charge in [0.05, 0.1) is 11.6 Å². The first kappa shape index (κ1) is 19.1. The average Bonchev–Trinajstić information content (AvgIpc) is 2.80. The van der Waals surface area contributed by atoms with Crippen LogP contribution in [0.15, 0.2) is 48.5 Å². The van der Waals surface area contributed by atoms with Gasteiger partial charge >= 0.3 is 6.03 Å². The molecule has 2 aliphatic rings. The Balaban J connectivity index is 1.28. The molecule has 2 fully saturated rings. The van der Waals surface area contributed by atoms with Crippen LogP contribution in [0, 0.1) is 11.3 Å². The van der Waals surface area contributed by atoms with Gasteiger partial charge in [-0.3, -0.25) is 0 Å². The maximum absolute atomic E-state index is 12.6. The maximum Gasteiger partial charge on any atom is 0.321 e. The summed E-state index contributed by atoms with van der Waals surface area (Å²) in [6, 6.07) is 17.9. The van der Waals surface area contributed by atoms with Crippen LogP contribution in [-0.4, -0.2) is 50.2 Å². The van der Waals surface area contributed by atoms with E-state index in [0.717, 1.165) is 37.6 Å². The largest absolute Gasteiger partial charge is 0.372 e. The van der Waals surface area contributed by atoms with Crippen molar-refractivity contribution in [3.8, 4) is 6.07 Å². The fourth-order valence-electron chi connectivity index (χ4n) is 4.02. The Kier molecular flexibility index (Phi) is 5.85. The predicted octanol–water partition coefficient (Wildman–Crippen LogP) is 3.90. The number of hydrogen-bond acceptors (Lipinski definition) is 4. The van der Waals surface area contributed by atoms with Crippen molar-refractivity contribution in [2.45, 2.75) is 19.3 Å². The number of benzene rings is 2. The lowest BCUT2D eigenvalue weighted by atomic mass is 10.1. The quantitative estimate of drug-likeness (QED) is 0.865. The van der Waals surface area contributed by atoms with Crippen LogP contribution in [0.5, 0.6) is 0 Å². The van der Waals surface area contributed by atoms with Gasteiger partial charge in [-0.15, -0.1) is 0 Å². The molecule has 0 bridgehead atoms. The number of hydrogen-bond donors (Lipinski definition) is 1. The van der Waals surface area contributed by atoms with E-state index in [0.29, 0.717) is 18.7 Å². The lowest BCUT2D eigenvalue weighted by Crippen LogP contribution is -2.50. The molecule has 2 aromatic carbocycles. The van der Waals surface area contributed by atoms with Gasteiger partial charge in [0.25, 0.3) is 0 Å². The number of urea groups is 1. The second-order valence-electron chi connectivity index (χ2n) is 7.66.